The van der Waals surface area contributed by atoms with Gasteiger partial charge in [-0.05, 0) is 29.9 Å². The molecule has 0 saturated carbocycles. The lowest BCUT2D eigenvalue weighted by atomic mass is 10.1. The van der Waals surface area contributed by atoms with Crippen LogP contribution in [0.2, 0.25) is 0 Å². The van der Waals surface area contributed by atoms with E-state index in [-0.39, 0.29) is 0 Å². The van der Waals surface area contributed by atoms with E-state index in [1.165, 1.54) is 23.5 Å². The van der Waals surface area contributed by atoms with Crippen molar-refractivity contribution in [3.63, 3.8) is 0 Å². The molecule has 0 fully saturated rings. The van der Waals surface area contributed by atoms with Crippen LogP contribution in [0.4, 0.5) is 13.2 Å². The number of hydrogen-bond donors (Lipinski definition) is 1. The SMILES string of the molecule is FC(F)(F)c1ccc(Cc2c[nH]c(=S)s2)cc1. The molecule has 0 aliphatic carbocycles. The minimum absolute atomic E-state index is 0.593. The number of aromatic nitrogens is 1. The van der Waals surface area contributed by atoms with Crippen molar-refractivity contribution in [1.82, 2.24) is 4.98 Å². The molecular formula is C11H8F3NS2. The number of H-pyrrole nitrogens is 1. The molecule has 17 heavy (non-hydrogen) atoms. The summed E-state index contributed by atoms with van der Waals surface area (Å²) in [5.41, 5.74) is 0.214. The van der Waals surface area contributed by atoms with Gasteiger partial charge in [0.1, 0.15) is 0 Å². The zero-order chi connectivity index (χ0) is 12.5. The van der Waals surface area contributed by atoms with E-state index in [9.17, 15) is 13.2 Å². The molecule has 0 radical (unpaired) electrons. The summed E-state index contributed by atoms with van der Waals surface area (Å²) in [4.78, 5) is 3.89. The van der Waals surface area contributed by atoms with Gasteiger partial charge in [0.2, 0.25) is 0 Å². The number of aromatic amines is 1. The fourth-order valence-electron chi connectivity index (χ4n) is 1.42. The van der Waals surface area contributed by atoms with Gasteiger partial charge in [-0.1, -0.05) is 12.1 Å². The number of benzene rings is 1. The molecule has 1 N–H and O–H groups in total. The van der Waals surface area contributed by atoms with Gasteiger partial charge in [-0.25, -0.2) is 0 Å². The van der Waals surface area contributed by atoms with E-state index in [0.29, 0.717) is 10.4 Å². The summed E-state index contributed by atoms with van der Waals surface area (Å²) in [5.74, 6) is 0. The quantitative estimate of drug-likeness (QED) is 0.802. The molecule has 0 amide bonds. The smallest absolute Gasteiger partial charge is 0.343 e. The Bertz CT molecular complexity index is 551. The van der Waals surface area contributed by atoms with Crippen LogP contribution in [-0.4, -0.2) is 4.98 Å². The first-order chi connectivity index (χ1) is 7.95. The molecule has 1 aromatic carbocycles. The maximum absolute atomic E-state index is 12.3. The minimum Gasteiger partial charge on any atom is -0.343 e. The van der Waals surface area contributed by atoms with Gasteiger partial charge in [0.25, 0.3) is 0 Å². The van der Waals surface area contributed by atoms with Gasteiger partial charge in [-0.3, -0.25) is 0 Å². The van der Waals surface area contributed by atoms with Crippen molar-refractivity contribution in [3.8, 4) is 0 Å². The van der Waals surface area contributed by atoms with Crippen LogP contribution in [0.3, 0.4) is 0 Å². The summed E-state index contributed by atoms with van der Waals surface area (Å²) in [5, 5.41) is 0. The number of alkyl halides is 3. The second kappa shape index (κ2) is 4.62. The third-order valence-electron chi connectivity index (χ3n) is 2.23. The predicted molar refractivity (Wildman–Crippen MR) is 63.8 cm³/mol. The Morgan fingerprint density at radius 3 is 2.29 bits per heavy atom. The van der Waals surface area contributed by atoms with Crippen molar-refractivity contribution in [2.45, 2.75) is 12.6 Å². The maximum Gasteiger partial charge on any atom is 0.416 e. The van der Waals surface area contributed by atoms with Crippen LogP contribution in [0, 0.1) is 3.95 Å². The Labute approximate surface area is 105 Å². The highest BCUT2D eigenvalue weighted by atomic mass is 32.1. The monoisotopic (exact) mass is 275 g/mol. The fourth-order valence-corrected chi connectivity index (χ4v) is 2.51. The summed E-state index contributed by atoms with van der Waals surface area (Å²) < 4.78 is 37.7. The van der Waals surface area contributed by atoms with Crippen molar-refractivity contribution in [2.75, 3.05) is 0 Å². The molecule has 1 nitrogen and oxygen atoms in total. The van der Waals surface area contributed by atoms with Crippen molar-refractivity contribution in [1.29, 1.82) is 0 Å². The first kappa shape index (κ1) is 12.3. The summed E-state index contributed by atoms with van der Waals surface area (Å²) in [6, 6.07) is 5.18. The van der Waals surface area contributed by atoms with E-state index < -0.39 is 11.7 Å². The van der Waals surface area contributed by atoms with Crippen LogP contribution < -0.4 is 0 Å². The van der Waals surface area contributed by atoms with Gasteiger partial charge in [0.15, 0.2) is 3.95 Å². The highest BCUT2D eigenvalue weighted by Gasteiger charge is 2.29. The van der Waals surface area contributed by atoms with Crippen molar-refractivity contribution in [3.05, 3.63) is 50.4 Å². The van der Waals surface area contributed by atoms with Gasteiger partial charge in [0, 0.05) is 17.5 Å². The van der Waals surface area contributed by atoms with E-state index in [0.717, 1.165) is 22.6 Å². The fraction of sp³-hybridized carbons (Fsp3) is 0.182. The Balaban J connectivity index is 2.16. The highest BCUT2D eigenvalue weighted by Crippen LogP contribution is 2.29. The molecule has 0 spiro atoms. The second-order valence-corrected chi connectivity index (χ2v) is 5.32. The van der Waals surface area contributed by atoms with E-state index >= 15 is 0 Å². The first-order valence-corrected chi connectivity index (χ1v) is 6.01. The van der Waals surface area contributed by atoms with Crippen LogP contribution in [0.1, 0.15) is 16.0 Å². The van der Waals surface area contributed by atoms with Crippen LogP contribution in [-0.2, 0) is 12.6 Å². The van der Waals surface area contributed by atoms with Gasteiger partial charge in [0.05, 0.1) is 5.56 Å². The average molecular weight is 275 g/mol. The third-order valence-corrected chi connectivity index (χ3v) is 3.43. The zero-order valence-electron chi connectivity index (χ0n) is 8.54. The molecule has 0 unspecified atom stereocenters. The lowest BCUT2D eigenvalue weighted by Crippen LogP contribution is -2.04. The number of hydrogen-bond acceptors (Lipinski definition) is 2. The van der Waals surface area contributed by atoms with Gasteiger partial charge >= 0.3 is 6.18 Å². The minimum atomic E-state index is -4.27. The molecule has 0 aliphatic rings. The topological polar surface area (TPSA) is 15.8 Å². The molecule has 6 heteroatoms. The first-order valence-electron chi connectivity index (χ1n) is 4.79. The molecule has 0 atom stereocenters. The summed E-state index contributed by atoms with van der Waals surface area (Å²) >= 11 is 6.36. The maximum atomic E-state index is 12.3. The van der Waals surface area contributed by atoms with Gasteiger partial charge in [-0.15, -0.1) is 11.3 Å². The molecule has 0 bridgehead atoms. The summed E-state index contributed by atoms with van der Waals surface area (Å²) in [6.07, 6.45) is -1.90. The van der Waals surface area contributed by atoms with Crippen molar-refractivity contribution in [2.24, 2.45) is 0 Å². The van der Waals surface area contributed by atoms with E-state index in [1.807, 2.05) is 0 Å². The van der Waals surface area contributed by atoms with Gasteiger partial charge in [-0.2, -0.15) is 13.2 Å². The molecule has 1 aromatic heterocycles. The van der Waals surface area contributed by atoms with Crippen LogP contribution in [0.5, 0.6) is 0 Å². The van der Waals surface area contributed by atoms with E-state index in [2.05, 4.69) is 4.98 Å². The standard InChI is InChI=1S/C11H8F3NS2/c12-11(13,14)8-3-1-7(2-4-8)5-9-6-15-10(16)17-9/h1-4,6H,5H2,(H,15,16). The lowest BCUT2D eigenvalue weighted by molar-refractivity contribution is -0.137. The second-order valence-electron chi connectivity index (χ2n) is 3.52. The molecule has 0 saturated heterocycles. The zero-order valence-corrected chi connectivity index (χ0v) is 10.2. The largest absolute Gasteiger partial charge is 0.416 e. The third kappa shape index (κ3) is 3.17. The van der Waals surface area contributed by atoms with Gasteiger partial charge < -0.3 is 4.98 Å². The van der Waals surface area contributed by atoms with Crippen molar-refractivity contribution >= 4 is 23.6 Å². The number of halogens is 3. The Hall–Kier alpha value is -1.14. The number of nitrogens with one attached hydrogen (secondary N) is 1. The van der Waals surface area contributed by atoms with Crippen LogP contribution in [0.25, 0.3) is 0 Å². The number of rotatable bonds is 2. The lowest BCUT2D eigenvalue weighted by Gasteiger charge is -2.06. The normalized spacial score (nSPS) is 11.7. The molecule has 0 aliphatic heterocycles. The molecule has 90 valence electrons. The average Bonchev–Trinajstić information content (AvgIpc) is 2.63. The van der Waals surface area contributed by atoms with Crippen LogP contribution >= 0.6 is 23.6 Å². The summed E-state index contributed by atoms with van der Waals surface area (Å²) in [7, 11) is 0. The molecule has 2 aromatic rings. The van der Waals surface area contributed by atoms with E-state index in [4.69, 9.17) is 12.2 Å². The van der Waals surface area contributed by atoms with Crippen LogP contribution in [0.15, 0.2) is 30.5 Å². The summed E-state index contributed by atoms with van der Waals surface area (Å²) in [6.45, 7) is 0. The highest BCUT2D eigenvalue weighted by molar-refractivity contribution is 7.73. The predicted octanol–water partition coefficient (Wildman–Crippen LogP) is 4.42. The molecule has 1 heterocycles. The Morgan fingerprint density at radius 1 is 1.18 bits per heavy atom. The van der Waals surface area contributed by atoms with Crippen molar-refractivity contribution < 1.29 is 13.2 Å². The molecular weight excluding hydrogens is 267 g/mol. The molecule has 2 rings (SSSR count). The Kier molecular flexibility index (Phi) is 3.35. The number of thiazole rings is 1. The van der Waals surface area contributed by atoms with E-state index in [1.54, 1.807) is 6.20 Å². The Morgan fingerprint density at radius 2 is 1.82 bits per heavy atom.